The fourth-order valence-corrected chi connectivity index (χ4v) is 6.26. The molecule has 10 nitrogen and oxygen atoms in total. The first-order chi connectivity index (χ1) is 24.1. The van der Waals surface area contributed by atoms with Gasteiger partial charge in [-0.25, -0.2) is 0 Å². The zero-order valence-electron chi connectivity index (χ0n) is 30.1. The Balaban J connectivity index is 2.01. The number of thioether (sulfide) groups is 1. The second-order valence-electron chi connectivity index (χ2n) is 13.2. The van der Waals surface area contributed by atoms with Gasteiger partial charge >= 0.3 is 0 Å². The molecule has 0 fully saturated rings. The summed E-state index contributed by atoms with van der Waals surface area (Å²) in [5, 5.41) is 27.8. The SMILES string of the molecule is CCCCCCCCCCCCCCCC(=O)N[C@@H](Cc1ccc(O)cc1)C(=O)N[C@@H](Cc1ccc(O)cc1)C(=O)N[C@@H](CCSC)C(N)=O. The van der Waals surface area contributed by atoms with Crippen LogP contribution in [0.4, 0.5) is 0 Å². The van der Waals surface area contributed by atoms with Crippen molar-refractivity contribution in [1.82, 2.24) is 16.0 Å². The minimum atomic E-state index is -1.09. The van der Waals surface area contributed by atoms with E-state index in [9.17, 15) is 29.4 Å². The molecule has 11 heteroatoms. The van der Waals surface area contributed by atoms with E-state index in [4.69, 9.17) is 5.73 Å². The second kappa shape index (κ2) is 25.3. The Kier molecular flexibility index (Phi) is 21.4. The van der Waals surface area contributed by atoms with Gasteiger partial charge < -0.3 is 31.9 Å². The van der Waals surface area contributed by atoms with Crippen molar-refractivity contribution < 1.29 is 29.4 Å². The molecule has 0 saturated heterocycles. The van der Waals surface area contributed by atoms with Crippen LogP contribution in [0.3, 0.4) is 0 Å². The van der Waals surface area contributed by atoms with E-state index in [0.29, 0.717) is 24.2 Å². The summed E-state index contributed by atoms with van der Waals surface area (Å²) in [6.07, 6.45) is 18.3. The van der Waals surface area contributed by atoms with Crippen LogP contribution in [0.25, 0.3) is 0 Å². The van der Waals surface area contributed by atoms with Gasteiger partial charge in [-0.3, -0.25) is 19.2 Å². The number of hydrogen-bond donors (Lipinski definition) is 6. The Hall–Kier alpha value is -3.73. The van der Waals surface area contributed by atoms with Crippen molar-refractivity contribution in [3.05, 3.63) is 59.7 Å². The van der Waals surface area contributed by atoms with Gasteiger partial charge in [0.1, 0.15) is 29.6 Å². The number of phenolic OH excluding ortho intramolecular Hbond substituents is 2. The average molecular weight is 713 g/mol. The fourth-order valence-electron chi connectivity index (χ4n) is 5.79. The zero-order valence-corrected chi connectivity index (χ0v) is 30.9. The number of amides is 4. The molecular formula is C39H60N4O6S. The predicted molar refractivity (Wildman–Crippen MR) is 202 cm³/mol. The van der Waals surface area contributed by atoms with Crippen molar-refractivity contribution in [3.8, 4) is 11.5 Å². The quantitative estimate of drug-likeness (QED) is 0.0612. The molecule has 278 valence electrons. The first kappa shape index (κ1) is 42.4. The van der Waals surface area contributed by atoms with Crippen molar-refractivity contribution in [1.29, 1.82) is 0 Å². The van der Waals surface area contributed by atoms with Gasteiger partial charge in [0.05, 0.1) is 0 Å². The number of carbonyl (C=O) groups excluding carboxylic acids is 4. The number of aromatic hydroxyl groups is 2. The number of benzene rings is 2. The van der Waals surface area contributed by atoms with E-state index in [0.717, 1.165) is 24.8 Å². The molecule has 4 amide bonds. The van der Waals surface area contributed by atoms with Crippen molar-refractivity contribution in [2.75, 3.05) is 12.0 Å². The van der Waals surface area contributed by atoms with E-state index in [1.54, 1.807) is 24.3 Å². The molecule has 2 rings (SSSR count). The Morgan fingerprint density at radius 1 is 0.620 bits per heavy atom. The van der Waals surface area contributed by atoms with Crippen LogP contribution in [0.15, 0.2) is 48.5 Å². The summed E-state index contributed by atoms with van der Waals surface area (Å²) in [5.74, 6) is -1.33. The maximum absolute atomic E-state index is 13.8. The van der Waals surface area contributed by atoms with Gasteiger partial charge in [0, 0.05) is 19.3 Å². The molecule has 0 heterocycles. The van der Waals surface area contributed by atoms with Gasteiger partial charge in [0.25, 0.3) is 0 Å². The Morgan fingerprint density at radius 3 is 1.44 bits per heavy atom. The predicted octanol–water partition coefficient (Wildman–Crippen LogP) is 6.06. The summed E-state index contributed by atoms with van der Waals surface area (Å²) in [7, 11) is 0. The third-order valence-corrected chi connectivity index (χ3v) is 9.46. The Labute approximate surface area is 303 Å². The van der Waals surface area contributed by atoms with Crippen LogP contribution in [0.1, 0.15) is 114 Å². The van der Waals surface area contributed by atoms with Gasteiger partial charge in [-0.05, 0) is 60.2 Å². The van der Waals surface area contributed by atoms with Gasteiger partial charge in [0.2, 0.25) is 23.6 Å². The van der Waals surface area contributed by atoms with E-state index in [1.165, 1.54) is 93.8 Å². The Morgan fingerprint density at radius 2 is 1.02 bits per heavy atom. The molecular weight excluding hydrogens is 653 g/mol. The number of primary amides is 1. The number of nitrogens with one attached hydrogen (secondary N) is 3. The lowest BCUT2D eigenvalue weighted by molar-refractivity contribution is -0.133. The molecule has 0 bridgehead atoms. The highest BCUT2D eigenvalue weighted by Gasteiger charge is 2.29. The van der Waals surface area contributed by atoms with Crippen LogP contribution in [0.2, 0.25) is 0 Å². The number of phenols is 2. The summed E-state index contributed by atoms with van der Waals surface area (Å²) in [6.45, 7) is 2.24. The molecule has 0 aliphatic carbocycles. The highest BCUT2D eigenvalue weighted by molar-refractivity contribution is 7.98. The lowest BCUT2D eigenvalue weighted by atomic mass is 10.0. The third kappa shape index (κ3) is 18.3. The lowest BCUT2D eigenvalue weighted by Gasteiger charge is -2.25. The lowest BCUT2D eigenvalue weighted by Crippen LogP contribution is -2.57. The van der Waals surface area contributed by atoms with Crippen molar-refractivity contribution in [3.63, 3.8) is 0 Å². The molecule has 0 aliphatic rings. The molecule has 0 saturated carbocycles. The minimum Gasteiger partial charge on any atom is -0.508 e. The molecule has 2 aromatic carbocycles. The Bertz CT molecular complexity index is 1270. The number of nitrogens with two attached hydrogens (primary N) is 1. The summed E-state index contributed by atoms with van der Waals surface area (Å²) in [6, 6.07) is 9.65. The zero-order chi connectivity index (χ0) is 36.6. The van der Waals surface area contributed by atoms with Crippen molar-refractivity contribution in [2.24, 2.45) is 5.73 Å². The summed E-state index contributed by atoms with van der Waals surface area (Å²) in [5.41, 5.74) is 6.95. The molecule has 0 spiro atoms. The normalized spacial score (nSPS) is 12.8. The van der Waals surface area contributed by atoms with Crippen LogP contribution in [0.5, 0.6) is 11.5 Å². The minimum absolute atomic E-state index is 0.0600. The first-order valence-electron chi connectivity index (χ1n) is 18.4. The van der Waals surface area contributed by atoms with Crippen molar-refractivity contribution >= 4 is 35.4 Å². The molecule has 7 N–H and O–H groups in total. The smallest absolute Gasteiger partial charge is 0.243 e. The van der Waals surface area contributed by atoms with Crippen LogP contribution >= 0.6 is 11.8 Å². The average Bonchev–Trinajstić information content (AvgIpc) is 3.09. The third-order valence-electron chi connectivity index (χ3n) is 8.81. The van der Waals surface area contributed by atoms with E-state index in [2.05, 4.69) is 22.9 Å². The monoisotopic (exact) mass is 712 g/mol. The molecule has 0 aliphatic heterocycles. The molecule has 2 aromatic rings. The van der Waals surface area contributed by atoms with Crippen LogP contribution in [0, 0.1) is 0 Å². The molecule has 0 radical (unpaired) electrons. The molecule has 3 atom stereocenters. The van der Waals surface area contributed by atoms with Gasteiger partial charge in [-0.2, -0.15) is 11.8 Å². The van der Waals surface area contributed by atoms with E-state index in [-0.39, 0.29) is 36.7 Å². The van der Waals surface area contributed by atoms with E-state index < -0.39 is 35.8 Å². The maximum atomic E-state index is 13.8. The number of carbonyl (C=O) groups is 4. The molecule has 0 aromatic heterocycles. The highest BCUT2D eigenvalue weighted by atomic mass is 32.2. The summed E-state index contributed by atoms with van der Waals surface area (Å²) < 4.78 is 0. The fraction of sp³-hybridized carbons (Fsp3) is 0.590. The molecule has 50 heavy (non-hydrogen) atoms. The van der Waals surface area contributed by atoms with E-state index >= 15 is 0 Å². The maximum Gasteiger partial charge on any atom is 0.243 e. The molecule has 0 unspecified atom stereocenters. The van der Waals surface area contributed by atoms with Gasteiger partial charge in [-0.15, -0.1) is 0 Å². The first-order valence-corrected chi connectivity index (χ1v) is 19.8. The summed E-state index contributed by atoms with van der Waals surface area (Å²) >= 11 is 1.52. The van der Waals surface area contributed by atoms with Crippen LogP contribution in [-0.2, 0) is 32.0 Å². The largest absolute Gasteiger partial charge is 0.508 e. The topological polar surface area (TPSA) is 171 Å². The van der Waals surface area contributed by atoms with Crippen molar-refractivity contribution in [2.45, 2.75) is 134 Å². The van der Waals surface area contributed by atoms with E-state index in [1.807, 2.05) is 6.26 Å². The standard InChI is InChI=1S/C39H60N4O6S/c1-3-4-5-6-7-8-9-10-11-12-13-14-15-16-36(46)41-34(27-29-17-21-31(44)22-18-29)38(48)43-35(28-30-19-23-32(45)24-20-30)39(49)42-33(37(40)47)25-26-50-2/h17-24,33-35,44-45H,3-16,25-28H2,1-2H3,(H2,40,47)(H,41,46)(H,42,49)(H,43,48)/t33-,34-,35-/m0/s1. The number of rotatable bonds is 27. The van der Waals surface area contributed by atoms with Gasteiger partial charge in [-0.1, -0.05) is 108 Å². The van der Waals surface area contributed by atoms with Crippen LogP contribution in [-0.4, -0.2) is 64.0 Å². The van der Waals surface area contributed by atoms with Crippen LogP contribution < -0.4 is 21.7 Å². The highest BCUT2D eigenvalue weighted by Crippen LogP contribution is 2.16. The second-order valence-corrected chi connectivity index (χ2v) is 14.1. The number of hydrogen-bond acceptors (Lipinski definition) is 7. The summed E-state index contributed by atoms with van der Waals surface area (Å²) in [4.78, 5) is 52.5. The van der Waals surface area contributed by atoms with Gasteiger partial charge in [0.15, 0.2) is 0 Å². The number of unbranched alkanes of at least 4 members (excludes halogenated alkanes) is 12.